The molecule has 0 spiro atoms. The van der Waals surface area contributed by atoms with Crippen molar-refractivity contribution >= 4 is 17.8 Å². The molecule has 0 heterocycles. The van der Waals surface area contributed by atoms with E-state index in [2.05, 4.69) is 10.5 Å². The average molecular weight is 303 g/mol. The molecule has 0 aliphatic carbocycles. The molecule has 0 saturated carbocycles. The fourth-order valence-electron chi connectivity index (χ4n) is 1.61. The molecule has 0 unspecified atom stereocenters. The lowest BCUT2D eigenvalue weighted by Gasteiger charge is -2.01. The minimum Gasteiger partial charge on any atom is -0.507 e. The van der Waals surface area contributed by atoms with Crippen LogP contribution in [0.25, 0.3) is 0 Å². The fourth-order valence-corrected chi connectivity index (χ4v) is 1.61. The molecule has 0 saturated heterocycles. The minimum absolute atomic E-state index is 0.0637. The van der Waals surface area contributed by atoms with E-state index in [9.17, 15) is 24.4 Å². The molecule has 7 nitrogen and oxygen atoms in total. The molecule has 22 heavy (non-hydrogen) atoms. The van der Waals surface area contributed by atoms with Gasteiger partial charge in [0.2, 0.25) is 0 Å². The molecule has 0 atom stereocenters. The SMILES string of the molecule is O=C(N/N=C/c1cc([N+](=O)[O-])ccc1O)c1cccc(F)c1. The Hall–Kier alpha value is -3.29. The highest BCUT2D eigenvalue weighted by Crippen LogP contribution is 2.21. The number of carbonyl (C=O) groups excluding carboxylic acids is 1. The highest BCUT2D eigenvalue weighted by molar-refractivity contribution is 5.95. The van der Waals surface area contributed by atoms with Gasteiger partial charge in [0, 0.05) is 23.3 Å². The van der Waals surface area contributed by atoms with Crippen LogP contribution in [0.4, 0.5) is 10.1 Å². The number of rotatable bonds is 4. The first-order chi connectivity index (χ1) is 10.5. The number of carbonyl (C=O) groups is 1. The fraction of sp³-hybridized carbons (Fsp3) is 0. The molecule has 0 fully saturated rings. The van der Waals surface area contributed by atoms with Crippen LogP contribution in [0.15, 0.2) is 47.6 Å². The molecule has 0 aromatic heterocycles. The van der Waals surface area contributed by atoms with Gasteiger partial charge in [0.05, 0.1) is 11.1 Å². The number of hydrogen-bond acceptors (Lipinski definition) is 5. The zero-order chi connectivity index (χ0) is 16.1. The van der Waals surface area contributed by atoms with E-state index in [4.69, 9.17) is 0 Å². The van der Waals surface area contributed by atoms with Gasteiger partial charge < -0.3 is 5.11 Å². The van der Waals surface area contributed by atoms with Crippen molar-refractivity contribution in [3.05, 3.63) is 69.5 Å². The predicted molar refractivity (Wildman–Crippen MR) is 76.2 cm³/mol. The lowest BCUT2D eigenvalue weighted by Crippen LogP contribution is -2.17. The standard InChI is InChI=1S/C14H10FN3O4/c15-11-3-1-2-9(6-11)14(20)17-16-8-10-7-12(18(21)22)4-5-13(10)19/h1-8,19H,(H,17,20)/b16-8+. The van der Waals surface area contributed by atoms with Crippen molar-refractivity contribution < 1.29 is 19.2 Å². The van der Waals surface area contributed by atoms with Crippen LogP contribution in [0, 0.1) is 15.9 Å². The molecule has 2 N–H and O–H groups in total. The summed E-state index contributed by atoms with van der Waals surface area (Å²) in [5.41, 5.74) is 2.04. The highest BCUT2D eigenvalue weighted by Gasteiger charge is 2.09. The van der Waals surface area contributed by atoms with Gasteiger partial charge in [-0.15, -0.1) is 0 Å². The van der Waals surface area contributed by atoms with E-state index in [-0.39, 0.29) is 22.6 Å². The van der Waals surface area contributed by atoms with Gasteiger partial charge >= 0.3 is 0 Å². The molecule has 0 aliphatic heterocycles. The average Bonchev–Trinajstić information content (AvgIpc) is 2.48. The number of nitro groups is 1. The zero-order valence-electron chi connectivity index (χ0n) is 11.1. The van der Waals surface area contributed by atoms with Crippen molar-refractivity contribution in [3.63, 3.8) is 0 Å². The Labute approximate surface area is 123 Å². The number of hydrogen-bond donors (Lipinski definition) is 2. The van der Waals surface area contributed by atoms with Crippen LogP contribution in [0.2, 0.25) is 0 Å². The first-order valence-electron chi connectivity index (χ1n) is 6.04. The van der Waals surface area contributed by atoms with Crippen molar-refractivity contribution in [2.45, 2.75) is 0 Å². The van der Waals surface area contributed by atoms with Crippen LogP contribution in [0.3, 0.4) is 0 Å². The van der Waals surface area contributed by atoms with Crippen molar-refractivity contribution in [2.24, 2.45) is 5.10 Å². The van der Waals surface area contributed by atoms with Crippen LogP contribution in [-0.2, 0) is 0 Å². The number of halogens is 1. The number of non-ortho nitro benzene ring substituents is 1. The Morgan fingerprint density at radius 1 is 1.32 bits per heavy atom. The molecule has 112 valence electrons. The van der Waals surface area contributed by atoms with Gasteiger partial charge in [-0.25, -0.2) is 9.82 Å². The minimum atomic E-state index is -0.652. The summed E-state index contributed by atoms with van der Waals surface area (Å²) in [4.78, 5) is 21.7. The first-order valence-corrected chi connectivity index (χ1v) is 6.04. The van der Waals surface area contributed by atoms with Crippen LogP contribution in [0.1, 0.15) is 15.9 Å². The Bertz CT molecular complexity index is 762. The lowest BCUT2D eigenvalue weighted by molar-refractivity contribution is -0.384. The molecule has 8 heteroatoms. The van der Waals surface area contributed by atoms with Gasteiger partial charge in [0.15, 0.2) is 0 Å². The number of amides is 1. The van der Waals surface area contributed by atoms with Crippen LogP contribution in [0.5, 0.6) is 5.75 Å². The summed E-state index contributed by atoms with van der Waals surface area (Å²) in [7, 11) is 0. The highest BCUT2D eigenvalue weighted by atomic mass is 19.1. The second-order valence-corrected chi connectivity index (χ2v) is 4.21. The third-order valence-corrected chi connectivity index (χ3v) is 2.68. The van der Waals surface area contributed by atoms with Gasteiger partial charge in [0.25, 0.3) is 11.6 Å². The van der Waals surface area contributed by atoms with Crippen LogP contribution >= 0.6 is 0 Å². The molecule has 2 aromatic rings. The number of hydrazone groups is 1. The van der Waals surface area contributed by atoms with Crippen molar-refractivity contribution in [2.75, 3.05) is 0 Å². The van der Waals surface area contributed by atoms with Crippen molar-refractivity contribution in [1.82, 2.24) is 5.43 Å². The summed E-state index contributed by atoms with van der Waals surface area (Å²) in [5, 5.41) is 23.8. The van der Waals surface area contributed by atoms with E-state index in [0.717, 1.165) is 30.5 Å². The monoisotopic (exact) mass is 303 g/mol. The second kappa shape index (κ2) is 6.44. The van der Waals surface area contributed by atoms with Crippen LogP contribution in [-0.4, -0.2) is 22.2 Å². The maximum atomic E-state index is 13.0. The molecule has 0 bridgehead atoms. The number of benzene rings is 2. The summed E-state index contributed by atoms with van der Waals surface area (Å²) in [6.07, 6.45) is 1.06. The predicted octanol–water partition coefficient (Wildman–Crippen LogP) is 2.20. The third-order valence-electron chi connectivity index (χ3n) is 2.68. The molecule has 2 aromatic carbocycles. The Balaban J connectivity index is 2.11. The Morgan fingerprint density at radius 3 is 2.77 bits per heavy atom. The van der Waals surface area contributed by atoms with Gasteiger partial charge in [0.1, 0.15) is 11.6 Å². The number of nitrogens with one attached hydrogen (secondary N) is 1. The van der Waals surface area contributed by atoms with Crippen molar-refractivity contribution in [1.29, 1.82) is 0 Å². The maximum absolute atomic E-state index is 13.0. The molecule has 2 rings (SSSR count). The first kappa shape index (κ1) is 15.1. The largest absolute Gasteiger partial charge is 0.507 e. The molecule has 1 amide bonds. The quantitative estimate of drug-likeness (QED) is 0.513. The van der Waals surface area contributed by atoms with E-state index in [1.54, 1.807) is 0 Å². The summed E-state index contributed by atoms with van der Waals surface area (Å²) in [6.45, 7) is 0. The van der Waals surface area contributed by atoms with E-state index in [1.165, 1.54) is 18.2 Å². The summed E-state index contributed by atoms with van der Waals surface area (Å²) in [6, 6.07) is 8.40. The maximum Gasteiger partial charge on any atom is 0.271 e. The Morgan fingerprint density at radius 2 is 2.09 bits per heavy atom. The number of nitrogens with zero attached hydrogens (tertiary/aromatic N) is 2. The smallest absolute Gasteiger partial charge is 0.271 e. The molecular formula is C14H10FN3O4. The van der Waals surface area contributed by atoms with E-state index in [0.29, 0.717) is 0 Å². The van der Waals surface area contributed by atoms with Gasteiger partial charge in [-0.1, -0.05) is 6.07 Å². The topological polar surface area (TPSA) is 105 Å². The summed E-state index contributed by atoms with van der Waals surface area (Å²) < 4.78 is 13.0. The summed E-state index contributed by atoms with van der Waals surface area (Å²) >= 11 is 0. The van der Waals surface area contributed by atoms with E-state index >= 15 is 0 Å². The normalized spacial score (nSPS) is 10.6. The van der Waals surface area contributed by atoms with Crippen LogP contribution < -0.4 is 5.43 Å². The molecular weight excluding hydrogens is 293 g/mol. The van der Waals surface area contributed by atoms with Gasteiger partial charge in [-0.2, -0.15) is 5.10 Å². The number of nitro benzene ring substituents is 1. The van der Waals surface area contributed by atoms with E-state index < -0.39 is 16.6 Å². The van der Waals surface area contributed by atoms with Crippen molar-refractivity contribution in [3.8, 4) is 5.75 Å². The Kier molecular flexibility index (Phi) is 4.42. The number of phenols is 1. The lowest BCUT2D eigenvalue weighted by atomic mass is 10.2. The summed E-state index contributed by atoms with van der Waals surface area (Å²) in [5.74, 6) is -1.44. The number of phenolic OH excluding ortho intramolecular Hbond substituents is 1. The zero-order valence-corrected chi connectivity index (χ0v) is 11.1. The third kappa shape index (κ3) is 3.63. The molecule has 0 radical (unpaired) electrons. The number of aromatic hydroxyl groups is 1. The van der Waals surface area contributed by atoms with Gasteiger partial charge in [-0.05, 0) is 24.3 Å². The van der Waals surface area contributed by atoms with E-state index in [1.807, 2.05) is 0 Å². The second-order valence-electron chi connectivity index (χ2n) is 4.21. The van der Waals surface area contributed by atoms with Gasteiger partial charge in [-0.3, -0.25) is 14.9 Å². The molecule has 0 aliphatic rings.